The number of pyridine rings is 1. The predicted molar refractivity (Wildman–Crippen MR) is 145 cm³/mol. The maximum Gasteiger partial charge on any atom is 0.321 e. The van der Waals surface area contributed by atoms with Crippen molar-refractivity contribution >= 4 is 23.6 Å². The van der Waals surface area contributed by atoms with Gasteiger partial charge in [-0.1, -0.05) is 36.4 Å². The van der Waals surface area contributed by atoms with E-state index in [4.69, 9.17) is 4.84 Å². The van der Waals surface area contributed by atoms with E-state index in [1.54, 1.807) is 0 Å². The molecule has 0 amide bonds. The van der Waals surface area contributed by atoms with Crippen LogP contribution in [0.5, 0.6) is 0 Å². The van der Waals surface area contributed by atoms with Crippen LogP contribution in [0.15, 0.2) is 79.3 Å². The topological polar surface area (TPSA) is 94.9 Å². The quantitative estimate of drug-likeness (QED) is 0.250. The van der Waals surface area contributed by atoms with E-state index in [1.807, 2.05) is 41.1 Å². The predicted octanol–water partition coefficient (Wildman–Crippen LogP) is 3.76. The maximum atomic E-state index is 11.1. The Morgan fingerprint density at radius 1 is 0.974 bits per heavy atom. The molecule has 0 saturated carbocycles. The number of anilines is 2. The van der Waals surface area contributed by atoms with E-state index in [9.17, 15) is 4.79 Å². The largest absolute Gasteiger partial charge is 0.338 e. The molecule has 10 nitrogen and oxygen atoms in total. The third-order valence-corrected chi connectivity index (χ3v) is 6.94. The third kappa shape index (κ3) is 4.86. The molecule has 0 atom stereocenters. The number of likely N-dealkylation sites (N-methyl/N-ethyl adjacent to an activating group) is 1. The second kappa shape index (κ2) is 10.4. The number of imidazole rings is 1. The number of benzene rings is 2. The van der Waals surface area contributed by atoms with Gasteiger partial charge in [-0.05, 0) is 48.0 Å². The molecule has 1 aliphatic heterocycles. The molecule has 38 heavy (non-hydrogen) atoms. The Morgan fingerprint density at radius 2 is 1.82 bits per heavy atom. The normalized spacial score (nSPS) is 14.6. The molecule has 4 heterocycles. The van der Waals surface area contributed by atoms with Crippen LogP contribution in [0, 0.1) is 0 Å². The summed E-state index contributed by atoms with van der Waals surface area (Å²) in [7, 11) is 2.18. The summed E-state index contributed by atoms with van der Waals surface area (Å²) in [5.74, 6) is 0.367. The highest BCUT2D eigenvalue weighted by Crippen LogP contribution is 2.30. The molecule has 1 saturated heterocycles. The van der Waals surface area contributed by atoms with Crippen LogP contribution in [-0.4, -0.2) is 74.3 Å². The van der Waals surface area contributed by atoms with Crippen molar-refractivity contribution in [2.24, 2.45) is 0 Å². The van der Waals surface area contributed by atoms with Crippen LogP contribution in [-0.2, 0) is 16.2 Å². The van der Waals surface area contributed by atoms with Gasteiger partial charge in [0.15, 0.2) is 0 Å². The molecular weight excluding hydrogens is 480 g/mol. The molecule has 2 aromatic carbocycles. The second-order valence-corrected chi connectivity index (χ2v) is 9.44. The first-order valence-electron chi connectivity index (χ1n) is 12.5. The summed E-state index contributed by atoms with van der Waals surface area (Å²) in [4.78, 5) is 25.8. The van der Waals surface area contributed by atoms with E-state index in [2.05, 4.69) is 73.6 Å². The summed E-state index contributed by atoms with van der Waals surface area (Å²) >= 11 is 0. The third-order valence-electron chi connectivity index (χ3n) is 6.94. The number of fused-ring (bicyclic) bond motifs is 1. The number of hydrogen-bond donors (Lipinski definition) is 1. The second-order valence-electron chi connectivity index (χ2n) is 9.44. The number of carbonyl (C=O) groups is 1. The molecule has 0 radical (unpaired) electrons. The average Bonchev–Trinajstić information content (AvgIpc) is 3.64. The Hall–Kier alpha value is -4.54. The zero-order valence-corrected chi connectivity index (χ0v) is 21.1. The van der Waals surface area contributed by atoms with E-state index in [0.717, 1.165) is 60.8 Å². The van der Waals surface area contributed by atoms with Crippen LogP contribution in [0.1, 0.15) is 5.56 Å². The summed E-state index contributed by atoms with van der Waals surface area (Å²) in [6.45, 7) is 5.82. The van der Waals surface area contributed by atoms with Crippen molar-refractivity contribution in [3.63, 3.8) is 0 Å². The van der Waals surface area contributed by atoms with Gasteiger partial charge in [0.25, 0.3) is 0 Å². The first kappa shape index (κ1) is 23.8. The van der Waals surface area contributed by atoms with Crippen molar-refractivity contribution in [3.05, 3.63) is 84.8 Å². The minimum atomic E-state index is 0.357. The number of aromatic amines is 1. The molecule has 10 heteroatoms. The molecule has 0 spiro atoms. The van der Waals surface area contributed by atoms with Gasteiger partial charge < -0.3 is 9.74 Å². The summed E-state index contributed by atoms with van der Waals surface area (Å²) in [5, 5.41) is 11.7. The molecule has 192 valence electrons. The highest BCUT2D eigenvalue weighted by atomic mass is 16.7. The molecule has 0 aliphatic carbocycles. The number of nitrogens with one attached hydrogen (secondary N) is 1. The average molecular weight is 509 g/mol. The zero-order valence-electron chi connectivity index (χ0n) is 21.1. The first-order chi connectivity index (χ1) is 18.7. The van der Waals surface area contributed by atoms with E-state index in [1.165, 1.54) is 16.8 Å². The lowest BCUT2D eigenvalue weighted by Gasteiger charge is -2.32. The molecule has 6 rings (SSSR count). The molecule has 1 aliphatic rings. The lowest BCUT2D eigenvalue weighted by Crippen LogP contribution is -2.43. The number of aromatic nitrogens is 5. The molecular formula is C28H28N8O2. The van der Waals surface area contributed by atoms with Crippen molar-refractivity contribution in [2.45, 2.75) is 6.54 Å². The van der Waals surface area contributed by atoms with Crippen molar-refractivity contribution in [2.75, 3.05) is 38.3 Å². The standard InChI is InChI=1S/C28H28N8O2/c1-33-11-13-34(14-12-33)19-21-5-7-22(8-6-21)23-9-10-35-26(17-29-27(35)16-23)24-3-2-4-25(15-24)36(38-20-37)28-18-30-32-31-28/h2-10,15-18,20H,11-14,19H2,1H3,(H,30,31,32). The fraction of sp³-hybridized carbons (Fsp3) is 0.214. The van der Waals surface area contributed by atoms with Gasteiger partial charge in [0, 0.05) is 44.5 Å². The minimum absolute atomic E-state index is 0.357. The Bertz CT molecular complexity index is 1520. The first-order valence-corrected chi connectivity index (χ1v) is 12.5. The molecule has 0 bridgehead atoms. The van der Waals surface area contributed by atoms with Gasteiger partial charge in [-0.25, -0.2) is 4.98 Å². The lowest BCUT2D eigenvalue weighted by molar-refractivity contribution is -0.128. The number of H-pyrrole nitrogens is 1. The van der Waals surface area contributed by atoms with E-state index in [-0.39, 0.29) is 0 Å². The monoisotopic (exact) mass is 508 g/mol. The molecule has 1 N–H and O–H groups in total. The fourth-order valence-electron chi connectivity index (χ4n) is 4.82. The highest BCUT2D eigenvalue weighted by molar-refractivity contribution is 5.73. The number of rotatable bonds is 8. The van der Waals surface area contributed by atoms with E-state index in [0.29, 0.717) is 18.0 Å². The zero-order chi connectivity index (χ0) is 25.9. The van der Waals surface area contributed by atoms with Crippen LogP contribution >= 0.6 is 0 Å². The lowest BCUT2D eigenvalue weighted by atomic mass is 10.0. The summed E-state index contributed by atoms with van der Waals surface area (Å²) in [5.41, 5.74) is 6.93. The van der Waals surface area contributed by atoms with Gasteiger partial charge in [-0.2, -0.15) is 15.4 Å². The van der Waals surface area contributed by atoms with Gasteiger partial charge in [-0.15, -0.1) is 5.10 Å². The van der Waals surface area contributed by atoms with Gasteiger partial charge in [0.1, 0.15) is 5.65 Å². The van der Waals surface area contributed by atoms with Crippen molar-refractivity contribution in [1.82, 2.24) is 34.6 Å². The van der Waals surface area contributed by atoms with Crippen molar-refractivity contribution < 1.29 is 9.63 Å². The number of hydrogen-bond acceptors (Lipinski definition) is 8. The van der Waals surface area contributed by atoms with Gasteiger partial charge in [-0.3, -0.25) is 14.1 Å². The van der Waals surface area contributed by atoms with Crippen LogP contribution in [0.3, 0.4) is 0 Å². The number of carbonyl (C=O) groups excluding carboxylic acids is 1. The molecule has 3 aromatic heterocycles. The summed E-state index contributed by atoms with van der Waals surface area (Å²) in [6, 6.07) is 20.7. The van der Waals surface area contributed by atoms with Crippen LogP contribution in [0.25, 0.3) is 28.0 Å². The summed E-state index contributed by atoms with van der Waals surface area (Å²) in [6.07, 6.45) is 5.36. The van der Waals surface area contributed by atoms with Gasteiger partial charge >= 0.3 is 6.47 Å². The Morgan fingerprint density at radius 3 is 2.58 bits per heavy atom. The molecule has 0 unspecified atom stereocenters. The van der Waals surface area contributed by atoms with Crippen LogP contribution in [0.4, 0.5) is 11.5 Å². The van der Waals surface area contributed by atoms with E-state index >= 15 is 0 Å². The minimum Gasteiger partial charge on any atom is -0.338 e. The molecule has 5 aromatic rings. The Labute approximate surface area is 220 Å². The van der Waals surface area contributed by atoms with Gasteiger partial charge in [0.05, 0.1) is 23.8 Å². The molecule has 1 fully saturated rings. The Balaban J connectivity index is 1.23. The fourth-order valence-corrected chi connectivity index (χ4v) is 4.82. The van der Waals surface area contributed by atoms with Crippen LogP contribution < -0.4 is 5.06 Å². The van der Waals surface area contributed by atoms with Gasteiger partial charge in [0.2, 0.25) is 5.82 Å². The maximum absolute atomic E-state index is 11.1. The van der Waals surface area contributed by atoms with E-state index < -0.39 is 0 Å². The van der Waals surface area contributed by atoms with Crippen LogP contribution in [0.2, 0.25) is 0 Å². The number of nitrogens with zero attached hydrogens (tertiary/aromatic N) is 7. The Kier molecular flexibility index (Phi) is 6.55. The SMILES string of the molecule is CN1CCN(Cc2ccc(-c3ccn4c(-c5cccc(N(OC=O)c6cn[nH]n6)c5)cnc4c3)cc2)CC1. The van der Waals surface area contributed by atoms with Crippen molar-refractivity contribution in [1.29, 1.82) is 0 Å². The highest BCUT2D eigenvalue weighted by Gasteiger charge is 2.16. The smallest absolute Gasteiger partial charge is 0.321 e. The number of piperazine rings is 1. The summed E-state index contributed by atoms with van der Waals surface area (Å²) < 4.78 is 2.05. The van der Waals surface area contributed by atoms with Crippen molar-refractivity contribution in [3.8, 4) is 22.4 Å².